The molecule has 2 heteroatoms. The Bertz CT molecular complexity index is 1180. The van der Waals surface area contributed by atoms with Crippen molar-refractivity contribution in [3.05, 3.63) is 114 Å². The van der Waals surface area contributed by atoms with Gasteiger partial charge in [0, 0.05) is 5.69 Å². The number of rotatable bonds is 3. The van der Waals surface area contributed by atoms with E-state index in [2.05, 4.69) is 61.5 Å². The van der Waals surface area contributed by atoms with Crippen molar-refractivity contribution in [3.63, 3.8) is 0 Å². The molecule has 4 aromatic carbocycles. The van der Waals surface area contributed by atoms with E-state index in [-0.39, 0.29) is 5.91 Å². The fourth-order valence-corrected chi connectivity index (χ4v) is 4.47. The monoisotopic (exact) mass is 363 g/mol. The maximum atomic E-state index is 13.9. The molecule has 0 spiro atoms. The predicted octanol–water partition coefficient (Wildman–Crippen LogP) is 5.69. The number of nitrogens with zero attached hydrogens (tertiary/aromatic N) is 1. The summed E-state index contributed by atoms with van der Waals surface area (Å²) in [5, 5.41) is 2.30. The number of carbonyl (C=O) groups is 1. The number of hydrogen-bond donors (Lipinski definition) is 0. The minimum absolute atomic E-state index is 0.133. The van der Waals surface area contributed by atoms with Crippen molar-refractivity contribution in [2.45, 2.75) is 18.9 Å². The standard InChI is InChI=1S/C26H21NO/c1-26(22-16-9-13-20-12-5-6-14-21(20)22)23-15-7-8-17-24(23)27(25(26)28)18-19-10-3-2-4-11-19/h2-17H,18H2,1H3/t26-/m0/s1. The van der Waals surface area contributed by atoms with Crippen molar-refractivity contribution >= 4 is 22.4 Å². The lowest BCUT2D eigenvalue weighted by molar-refractivity contribution is -0.121. The molecule has 136 valence electrons. The van der Waals surface area contributed by atoms with Gasteiger partial charge >= 0.3 is 0 Å². The van der Waals surface area contributed by atoms with Crippen LogP contribution in [0, 0.1) is 0 Å². The Kier molecular flexibility index (Phi) is 3.80. The molecule has 0 fully saturated rings. The Morgan fingerprint density at radius 1 is 0.714 bits per heavy atom. The molecule has 5 rings (SSSR count). The SMILES string of the molecule is C[C@@]1(c2cccc3ccccc23)C(=O)N(Cc2ccccc2)c2ccccc21. The zero-order valence-corrected chi connectivity index (χ0v) is 15.8. The van der Waals surface area contributed by atoms with Crippen LogP contribution in [0.25, 0.3) is 10.8 Å². The molecule has 0 unspecified atom stereocenters. The highest BCUT2D eigenvalue weighted by Gasteiger charge is 2.48. The van der Waals surface area contributed by atoms with Crippen molar-refractivity contribution in [1.82, 2.24) is 0 Å². The number of fused-ring (bicyclic) bond motifs is 2. The van der Waals surface area contributed by atoms with Gasteiger partial charge in [-0.3, -0.25) is 4.79 Å². The van der Waals surface area contributed by atoms with E-state index in [9.17, 15) is 4.79 Å². The third-order valence-corrected chi connectivity index (χ3v) is 5.92. The van der Waals surface area contributed by atoms with Crippen LogP contribution in [0.2, 0.25) is 0 Å². The Balaban J connectivity index is 1.70. The lowest BCUT2D eigenvalue weighted by Gasteiger charge is -2.26. The van der Waals surface area contributed by atoms with E-state index in [1.165, 1.54) is 0 Å². The second kappa shape index (κ2) is 6.35. The molecule has 0 bridgehead atoms. The van der Waals surface area contributed by atoms with Crippen molar-refractivity contribution in [2.75, 3.05) is 4.90 Å². The number of anilines is 1. The number of para-hydroxylation sites is 1. The van der Waals surface area contributed by atoms with Gasteiger partial charge in [0.2, 0.25) is 5.91 Å². The Morgan fingerprint density at radius 2 is 1.36 bits per heavy atom. The Morgan fingerprint density at radius 3 is 2.21 bits per heavy atom. The van der Waals surface area contributed by atoms with E-state index in [0.29, 0.717) is 6.54 Å². The van der Waals surface area contributed by atoms with E-state index in [0.717, 1.165) is 33.2 Å². The quantitative estimate of drug-likeness (QED) is 0.458. The van der Waals surface area contributed by atoms with Gasteiger partial charge in [-0.05, 0) is 40.5 Å². The normalized spacial score (nSPS) is 18.5. The molecule has 0 saturated carbocycles. The molecule has 1 atom stereocenters. The fourth-order valence-electron chi connectivity index (χ4n) is 4.47. The lowest BCUT2D eigenvalue weighted by Crippen LogP contribution is -2.38. The average molecular weight is 363 g/mol. The third-order valence-electron chi connectivity index (χ3n) is 5.92. The first-order valence-electron chi connectivity index (χ1n) is 9.63. The average Bonchev–Trinajstić information content (AvgIpc) is 2.97. The van der Waals surface area contributed by atoms with Gasteiger partial charge in [0.1, 0.15) is 0 Å². The first kappa shape index (κ1) is 16.8. The molecule has 0 N–H and O–H groups in total. The largest absolute Gasteiger partial charge is 0.307 e. The molecule has 28 heavy (non-hydrogen) atoms. The van der Waals surface area contributed by atoms with Crippen LogP contribution in [0.5, 0.6) is 0 Å². The molecule has 1 aliphatic rings. The maximum Gasteiger partial charge on any atom is 0.242 e. The summed E-state index contributed by atoms with van der Waals surface area (Å²) in [6.45, 7) is 2.65. The van der Waals surface area contributed by atoms with Crippen LogP contribution in [-0.2, 0) is 16.8 Å². The van der Waals surface area contributed by atoms with Gasteiger partial charge in [0.15, 0.2) is 0 Å². The number of benzene rings is 4. The second-order valence-electron chi connectivity index (χ2n) is 7.55. The summed E-state index contributed by atoms with van der Waals surface area (Å²) in [5.74, 6) is 0.133. The van der Waals surface area contributed by atoms with Crippen molar-refractivity contribution in [2.24, 2.45) is 0 Å². The highest BCUT2D eigenvalue weighted by Crippen LogP contribution is 2.48. The summed E-state index contributed by atoms with van der Waals surface area (Å²) in [6, 6.07) is 33.0. The molecule has 0 aromatic heterocycles. The van der Waals surface area contributed by atoms with Crippen LogP contribution in [0.15, 0.2) is 97.1 Å². The number of amides is 1. The molecule has 2 nitrogen and oxygen atoms in total. The summed E-state index contributed by atoms with van der Waals surface area (Å²) in [5.41, 5.74) is 3.58. The van der Waals surface area contributed by atoms with Crippen molar-refractivity contribution in [1.29, 1.82) is 0 Å². The van der Waals surface area contributed by atoms with Crippen LogP contribution < -0.4 is 4.90 Å². The van der Waals surface area contributed by atoms with Crippen molar-refractivity contribution in [3.8, 4) is 0 Å². The van der Waals surface area contributed by atoms with Gasteiger partial charge in [-0.15, -0.1) is 0 Å². The van der Waals surface area contributed by atoms with Gasteiger partial charge in [-0.2, -0.15) is 0 Å². The molecule has 1 aliphatic heterocycles. The maximum absolute atomic E-state index is 13.9. The van der Waals surface area contributed by atoms with Gasteiger partial charge < -0.3 is 4.90 Å². The molecule has 0 radical (unpaired) electrons. The predicted molar refractivity (Wildman–Crippen MR) is 114 cm³/mol. The van der Waals surface area contributed by atoms with Gasteiger partial charge in [-0.1, -0.05) is 91.0 Å². The van der Waals surface area contributed by atoms with Crippen molar-refractivity contribution < 1.29 is 4.79 Å². The molecule has 0 aliphatic carbocycles. The van der Waals surface area contributed by atoms with Crippen LogP contribution in [0.4, 0.5) is 5.69 Å². The molecular formula is C26H21NO. The second-order valence-corrected chi connectivity index (χ2v) is 7.55. The lowest BCUT2D eigenvalue weighted by atomic mass is 9.75. The number of carbonyl (C=O) groups excluding carboxylic acids is 1. The van der Waals surface area contributed by atoms with Gasteiger partial charge in [0.05, 0.1) is 12.0 Å². The van der Waals surface area contributed by atoms with Crippen LogP contribution in [0.3, 0.4) is 0 Å². The summed E-state index contributed by atoms with van der Waals surface area (Å²) >= 11 is 0. The summed E-state index contributed by atoms with van der Waals surface area (Å²) in [4.78, 5) is 15.8. The third kappa shape index (κ3) is 2.38. The minimum atomic E-state index is -0.702. The zero-order chi connectivity index (χ0) is 19.1. The smallest absolute Gasteiger partial charge is 0.242 e. The van der Waals surface area contributed by atoms with E-state index in [4.69, 9.17) is 0 Å². The van der Waals surface area contributed by atoms with E-state index < -0.39 is 5.41 Å². The summed E-state index contributed by atoms with van der Waals surface area (Å²) in [6.07, 6.45) is 0. The fraction of sp³-hybridized carbons (Fsp3) is 0.115. The topological polar surface area (TPSA) is 20.3 Å². The zero-order valence-electron chi connectivity index (χ0n) is 15.8. The van der Waals surface area contributed by atoms with Crippen LogP contribution >= 0.6 is 0 Å². The Labute approximate surface area is 165 Å². The van der Waals surface area contributed by atoms with E-state index in [1.54, 1.807) is 0 Å². The van der Waals surface area contributed by atoms with Gasteiger partial charge in [-0.25, -0.2) is 0 Å². The minimum Gasteiger partial charge on any atom is -0.307 e. The van der Waals surface area contributed by atoms with Crippen LogP contribution in [0.1, 0.15) is 23.6 Å². The van der Waals surface area contributed by atoms with Crippen LogP contribution in [-0.4, -0.2) is 5.91 Å². The molecular weight excluding hydrogens is 342 g/mol. The highest BCUT2D eigenvalue weighted by molar-refractivity contribution is 6.12. The molecule has 1 heterocycles. The first-order chi connectivity index (χ1) is 13.7. The first-order valence-corrected chi connectivity index (χ1v) is 9.63. The van der Waals surface area contributed by atoms with Gasteiger partial charge in [0.25, 0.3) is 0 Å². The van der Waals surface area contributed by atoms with E-state index >= 15 is 0 Å². The van der Waals surface area contributed by atoms with E-state index in [1.807, 2.05) is 47.4 Å². The molecule has 1 amide bonds. The molecule has 0 saturated heterocycles. The Hall–Kier alpha value is -3.39. The highest BCUT2D eigenvalue weighted by atomic mass is 16.2. The summed E-state index contributed by atoms with van der Waals surface area (Å²) < 4.78 is 0. The molecule has 4 aromatic rings. The number of hydrogen-bond acceptors (Lipinski definition) is 1. The summed E-state index contributed by atoms with van der Waals surface area (Å²) in [7, 11) is 0.